The fourth-order valence-electron chi connectivity index (χ4n) is 3.60. The lowest BCUT2D eigenvalue weighted by atomic mass is 10.00. The first-order valence-electron chi connectivity index (χ1n) is 8.78. The van der Waals surface area contributed by atoms with Crippen LogP contribution in [-0.2, 0) is 17.9 Å². The minimum atomic E-state index is -0.208. The van der Waals surface area contributed by atoms with Crippen LogP contribution in [-0.4, -0.2) is 44.8 Å². The van der Waals surface area contributed by atoms with Gasteiger partial charge in [-0.1, -0.05) is 18.2 Å². The van der Waals surface area contributed by atoms with Crippen LogP contribution in [0.5, 0.6) is 5.75 Å². The van der Waals surface area contributed by atoms with Crippen LogP contribution in [0.1, 0.15) is 36.6 Å². The lowest BCUT2D eigenvalue weighted by Crippen LogP contribution is -2.49. The van der Waals surface area contributed by atoms with Crippen molar-refractivity contribution < 1.29 is 9.53 Å². The van der Waals surface area contributed by atoms with Crippen LogP contribution in [0, 0.1) is 6.92 Å². The van der Waals surface area contributed by atoms with Gasteiger partial charge in [-0.05, 0) is 19.9 Å². The summed E-state index contributed by atoms with van der Waals surface area (Å²) in [4.78, 5) is 15.0. The molecule has 2 aromatic rings. The smallest absolute Gasteiger partial charge is 0.237 e. The van der Waals surface area contributed by atoms with Gasteiger partial charge in [0.1, 0.15) is 17.4 Å². The van der Waals surface area contributed by atoms with Crippen LogP contribution >= 0.6 is 0 Å². The Bertz CT molecular complexity index is 788. The first kappa shape index (κ1) is 16.1. The summed E-state index contributed by atoms with van der Waals surface area (Å²) in [5.74, 6) is 2.78. The van der Waals surface area contributed by atoms with Gasteiger partial charge in [-0.15, -0.1) is 10.2 Å². The second-order valence-electron chi connectivity index (χ2n) is 6.70. The second kappa shape index (κ2) is 6.48. The number of nitrogens with one attached hydrogen (secondary N) is 1. The van der Waals surface area contributed by atoms with Crippen molar-refractivity contribution in [3.8, 4) is 5.75 Å². The van der Waals surface area contributed by atoms with Gasteiger partial charge in [-0.2, -0.15) is 0 Å². The van der Waals surface area contributed by atoms with Gasteiger partial charge in [-0.3, -0.25) is 9.69 Å². The molecule has 2 atom stereocenters. The van der Waals surface area contributed by atoms with Crippen molar-refractivity contribution in [2.45, 2.75) is 45.4 Å². The molecular weight excluding hydrogens is 318 g/mol. The number of rotatable bonds is 3. The highest BCUT2D eigenvalue weighted by Gasteiger charge is 2.30. The van der Waals surface area contributed by atoms with Gasteiger partial charge in [0.2, 0.25) is 5.91 Å². The molecule has 1 aromatic carbocycles. The molecule has 3 heterocycles. The summed E-state index contributed by atoms with van der Waals surface area (Å²) in [5.41, 5.74) is 1.06. The molecule has 2 aliphatic rings. The first-order valence-corrected chi connectivity index (χ1v) is 8.78. The van der Waals surface area contributed by atoms with Crippen molar-refractivity contribution in [3.05, 3.63) is 41.5 Å². The average Bonchev–Trinajstić information content (AvgIpc) is 3.02. The maximum atomic E-state index is 12.8. The Morgan fingerprint density at radius 2 is 2.16 bits per heavy atom. The van der Waals surface area contributed by atoms with Crippen LogP contribution in [0.25, 0.3) is 0 Å². The predicted molar refractivity (Wildman–Crippen MR) is 92.1 cm³/mol. The topological polar surface area (TPSA) is 72.3 Å². The van der Waals surface area contributed by atoms with E-state index in [0.717, 1.165) is 42.5 Å². The number of aryl methyl sites for hydroxylation is 1. The molecule has 0 saturated carbocycles. The summed E-state index contributed by atoms with van der Waals surface area (Å²) in [5, 5.41) is 11.5. The Morgan fingerprint density at radius 1 is 1.32 bits per heavy atom. The highest BCUT2D eigenvalue weighted by Crippen LogP contribution is 2.31. The molecule has 0 saturated heterocycles. The first-order chi connectivity index (χ1) is 12.1. The van der Waals surface area contributed by atoms with Crippen LogP contribution in [0.3, 0.4) is 0 Å². The molecule has 1 N–H and O–H groups in total. The van der Waals surface area contributed by atoms with Crippen LogP contribution < -0.4 is 10.1 Å². The van der Waals surface area contributed by atoms with Gasteiger partial charge in [0.25, 0.3) is 0 Å². The fourth-order valence-corrected chi connectivity index (χ4v) is 3.60. The van der Waals surface area contributed by atoms with Crippen LogP contribution in [0.4, 0.5) is 0 Å². The third-order valence-electron chi connectivity index (χ3n) is 5.17. The fraction of sp³-hybridized carbons (Fsp3) is 0.500. The van der Waals surface area contributed by atoms with Gasteiger partial charge >= 0.3 is 0 Å². The number of fused-ring (bicyclic) bond motifs is 2. The zero-order valence-corrected chi connectivity index (χ0v) is 14.6. The van der Waals surface area contributed by atoms with E-state index in [1.54, 1.807) is 0 Å². The highest BCUT2D eigenvalue weighted by molar-refractivity contribution is 5.81. The molecule has 132 valence electrons. The van der Waals surface area contributed by atoms with Gasteiger partial charge in [0.05, 0.1) is 25.2 Å². The van der Waals surface area contributed by atoms with Gasteiger partial charge in [0.15, 0.2) is 0 Å². The molecule has 0 spiro atoms. The summed E-state index contributed by atoms with van der Waals surface area (Å²) in [6.45, 7) is 6.85. The second-order valence-corrected chi connectivity index (χ2v) is 6.70. The maximum Gasteiger partial charge on any atom is 0.237 e. The van der Waals surface area contributed by atoms with Gasteiger partial charge in [-0.25, -0.2) is 0 Å². The van der Waals surface area contributed by atoms with E-state index in [1.165, 1.54) is 0 Å². The third-order valence-corrected chi connectivity index (χ3v) is 5.17. The molecule has 2 aliphatic heterocycles. The number of nitrogens with zero attached hydrogens (tertiary/aromatic N) is 4. The Labute approximate surface area is 147 Å². The molecule has 4 rings (SSSR count). The number of benzene rings is 1. The van der Waals surface area contributed by atoms with E-state index in [4.69, 9.17) is 4.74 Å². The minimum absolute atomic E-state index is 0.00980. The highest BCUT2D eigenvalue weighted by atomic mass is 16.5. The zero-order chi connectivity index (χ0) is 17.4. The quantitative estimate of drug-likeness (QED) is 0.914. The largest absolute Gasteiger partial charge is 0.493 e. The Balaban J connectivity index is 1.44. The standard InChI is InChI=1S/C18H23N5O2/c1-12(22-8-9-23-13(2)20-21-17(23)11-22)18(24)19-15-7-10-25-16-6-4-3-5-14(15)16/h3-6,12,15H,7-11H2,1-2H3,(H,19,24)/t12-,15+/m1/s1. The maximum absolute atomic E-state index is 12.8. The number of carbonyl (C=O) groups is 1. The number of para-hydroxylation sites is 1. The number of carbonyl (C=O) groups excluding carboxylic acids is 1. The van der Waals surface area contributed by atoms with Gasteiger partial charge in [0, 0.05) is 25.1 Å². The predicted octanol–water partition coefficient (Wildman–Crippen LogP) is 1.43. The van der Waals surface area contributed by atoms with Crippen LogP contribution in [0.15, 0.2) is 24.3 Å². The molecule has 7 nitrogen and oxygen atoms in total. The van der Waals surface area contributed by atoms with Crippen molar-refractivity contribution in [1.29, 1.82) is 0 Å². The summed E-state index contributed by atoms with van der Waals surface area (Å²) >= 11 is 0. The van der Waals surface area contributed by atoms with E-state index in [-0.39, 0.29) is 18.0 Å². The number of hydrogen-bond donors (Lipinski definition) is 1. The van der Waals surface area contributed by atoms with Crippen molar-refractivity contribution in [2.24, 2.45) is 0 Å². The van der Waals surface area contributed by atoms with E-state index < -0.39 is 0 Å². The Morgan fingerprint density at radius 3 is 3.04 bits per heavy atom. The molecule has 1 amide bonds. The average molecular weight is 341 g/mol. The lowest BCUT2D eigenvalue weighted by molar-refractivity contribution is -0.127. The van der Waals surface area contributed by atoms with Crippen LogP contribution in [0.2, 0.25) is 0 Å². The molecule has 0 aliphatic carbocycles. The van der Waals surface area contributed by atoms with E-state index in [0.29, 0.717) is 13.2 Å². The summed E-state index contributed by atoms with van der Waals surface area (Å²) in [6.07, 6.45) is 0.795. The Kier molecular flexibility index (Phi) is 4.17. The molecule has 25 heavy (non-hydrogen) atoms. The molecule has 0 bridgehead atoms. The van der Waals surface area contributed by atoms with Gasteiger partial charge < -0.3 is 14.6 Å². The number of aromatic nitrogens is 3. The summed E-state index contributed by atoms with van der Waals surface area (Å²) < 4.78 is 7.79. The number of hydrogen-bond acceptors (Lipinski definition) is 5. The summed E-state index contributed by atoms with van der Waals surface area (Å²) in [7, 11) is 0. The van der Waals surface area contributed by atoms with Crippen molar-refractivity contribution in [1.82, 2.24) is 25.0 Å². The molecule has 0 unspecified atom stereocenters. The molecule has 0 fully saturated rings. The van der Waals surface area contributed by atoms with E-state index in [1.807, 2.05) is 38.1 Å². The van der Waals surface area contributed by atoms with E-state index in [9.17, 15) is 4.79 Å². The summed E-state index contributed by atoms with van der Waals surface area (Å²) in [6, 6.07) is 7.72. The monoisotopic (exact) mass is 341 g/mol. The molecule has 1 aromatic heterocycles. The minimum Gasteiger partial charge on any atom is -0.493 e. The number of ether oxygens (including phenoxy) is 1. The lowest BCUT2D eigenvalue weighted by Gasteiger charge is -2.33. The Hall–Kier alpha value is -2.41. The third kappa shape index (κ3) is 3.00. The van der Waals surface area contributed by atoms with Crippen molar-refractivity contribution in [3.63, 3.8) is 0 Å². The molecule has 0 radical (unpaired) electrons. The molecule has 7 heteroatoms. The van der Waals surface area contributed by atoms with Crippen molar-refractivity contribution >= 4 is 5.91 Å². The van der Waals surface area contributed by atoms with E-state index in [2.05, 4.69) is 25.0 Å². The number of amides is 1. The zero-order valence-electron chi connectivity index (χ0n) is 14.6. The van der Waals surface area contributed by atoms with E-state index >= 15 is 0 Å². The molecular formula is C18H23N5O2. The SMILES string of the molecule is Cc1nnc2n1CCN([C@H](C)C(=O)N[C@H]1CCOc3ccccc31)C2. The normalized spacial score (nSPS) is 21.0. The van der Waals surface area contributed by atoms with Crippen molar-refractivity contribution in [2.75, 3.05) is 13.2 Å².